The van der Waals surface area contributed by atoms with E-state index in [-0.39, 0.29) is 0 Å². The maximum atomic E-state index is 5.40. The second kappa shape index (κ2) is 18.0. The van der Waals surface area contributed by atoms with Crippen LogP contribution in [-0.2, 0) is 0 Å². The summed E-state index contributed by atoms with van der Waals surface area (Å²) in [6.45, 7) is 8.84. The average Bonchev–Trinajstić information content (AvgIpc) is 2.81. The fourth-order valence-corrected chi connectivity index (χ4v) is 3.67. The number of ether oxygens (including phenoxy) is 2. The third kappa shape index (κ3) is 16.1. The Hall–Kier alpha value is -2.31. The van der Waals surface area contributed by atoms with Crippen LogP contribution in [0.3, 0.4) is 0 Å². The molecule has 0 saturated carbocycles. The molecule has 0 aliphatic carbocycles. The average molecular weight is 503 g/mol. The Morgan fingerprint density at radius 1 is 0.657 bits per heavy atom. The van der Waals surface area contributed by atoms with E-state index in [0.29, 0.717) is 18.3 Å². The van der Waals surface area contributed by atoms with Crippen molar-refractivity contribution in [2.45, 2.75) is 65.7 Å². The Labute approximate surface area is 219 Å². The highest BCUT2D eigenvalue weighted by molar-refractivity contribution is 7.80. The van der Waals surface area contributed by atoms with Crippen molar-refractivity contribution < 1.29 is 14.0 Å². The van der Waals surface area contributed by atoms with Gasteiger partial charge in [-0.15, -0.1) is 0 Å². The second-order valence-corrected chi connectivity index (χ2v) is 10.0. The smallest absolute Gasteiger partial charge is 0.175 e. The van der Waals surface area contributed by atoms with E-state index in [1.807, 2.05) is 62.4 Å². The topological polar surface area (TPSA) is 42.5 Å². The summed E-state index contributed by atoms with van der Waals surface area (Å²) in [7, 11) is 6.82. The van der Waals surface area contributed by atoms with Crippen molar-refractivity contribution in [2.24, 2.45) is 0 Å². The van der Waals surface area contributed by atoms with E-state index in [1.54, 1.807) is 0 Å². The molecule has 2 aromatic carbocycles. The van der Waals surface area contributed by atoms with Crippen molar-refractivity contribution in [2.75, 3.05) is 51.5 Å². The van der Waals surface area contributed by atoms with Crippen LogP contribution in [0.1, 0.15) is 65.7 Å². The molecule has 35 heavy (non-hydrogen) atoms. The standard InChI is InChI=1S/C17H20N2O2S.C12H28N/c1-3-20-15-9-5-13(6-10-15)18-17(22)19-14-7-11-16(12-8-14)21-4-2;1-5-6-7-8-9-10-11-12-13(2,3)4/h5-12H,3-4H2,1-2H3,(H2,18,19,22);5-12H2,1-4H3/q;+1. The van der Waals surface area contributed by atoms with Crippen molar-refractivity contribution in [3.63, 3.8) is 0 Å². The van der Waals surface area contributed by atoms with Crippen LogP contribution in [0.4, 0.5) is 11.4 Å². The first kappa shape index (κ1) is 30.7. The van der Waals surface area contributed by atoms with Crippen LogP contribution in [0.2, 0.25) is 0 Å². The van der Waals surface area contributed by atoms with Crippen molar-refractivity contribution in [1.29, 1.82) is 0 Å². The van der Waals surface area contributed by atoms with Gasteiger partial charge in [0.25, 0.3) is 0 Å². The number of hydrogen-bond acceptors (Lipinski definition) is 3. The number of nitrogens with zero attached hydrogens (tertiary/aromatic N) is 1. The molecule has 196 valence electrons. The van der Waals surface area contributed by atoms with Gasteiger partial charge in [-0.3, -0.25) is 0 Å². The van der Waals surface area contributed by atoms with Gasteiger partial charge < -0.3 is 24.6 Å². The van der Waals surface area contributed by atoms with E-state index in [9.17, 15) is 0 Å². The molecule has 0 fully saturated rings. The normalized spacial score (nSPS) is 10.7. The third-order valence-electron chi connectivity index (χ3n) is 5.28. The van der Waals surface area contributed by atoms with Gasteiger partial charge in [0.05, 0.1) is 40.9 Å². The van der Waals surface area contributed by atoms with Crippen LogP contribution in [0.25, 0.3) is 0 Å². The Kier molecular flexibility index (Phi) is 15.8. The summed E-state index contributed by atoms with van der Waals surface area (Å²) < 4.78 is 11.9. The number of quaternary nitrogens is 1. The van der Waals surface area contributed by atoms with Gasteiger partial charge >= 0.3 is 0 Å². The minimum absolute atomic E-state index is 0.535. The molecular weight excluding hydrogens is 454 g/mol. The van der Waals surface area contributed by atoms with Crippen LogP contribution in [0.15, 0.2) is 48.5 Å². The molecule has 6 heteroatoms. The van der Waals surface area contributed by atoms with Gasteiger partial charge in [0.2, 0.25) is 0 Å². The first-order chi connectivity index (χ1) is 16.8. The van der Waals surface area contributed by atoms with Gasteiger partial charge in [-0.05, 0) is 87.4 Å². The Morgan fingerprint density at radius 3 is 1.43 bits per heavy atom. The van der Waals surface area contributed by atoms with Gasteiger partial charge in [0.1, 0.15) is 11.5 Å². The Morgan fingerprint density at radius 2 is 1.06 bits per heavy atom. The number of unbranched alkanes of at least 4 members (excludes halogenated alkanes) is 6. The second-order valence-electron chi connectivity index (χ2n) is 9.63. The van der Waals surface area contributed by atoms with Crippen molar-refractivity contribution in [3.8, 4) is 11.5 Å². The molecule has 0 heterocycles. The van der Waals surface area contributed by atoms with Crippen LogP contribution in [0.5, 0.6) is 11.5 Å². The summed E-state index contributed by atoms with van der Waals surface area (Å²) >= 11 is 5.30. The van der Waals surface area contributed by atoms with Gasteiger partial charge in [-0.2, -0.15) is 0 Å². The lowest BCUT2D eigenvalue weighted by molar-refractivity contribution is -0.870. The van der Waals surface area contributed by atoms with Crippen molar-refractivity contribution in [1.82, 2.24) is 0 Å². The summed E-state index contributed by atoms with van der Waals surface area (Å²) in [6.07, 6.45) is 9.95. The highest BCUT2D eigenvalue weighted by Crippen LogP contribution is 2.18. The van der Waals surface area contributed by atoms with Crippen LogP contribution in [0, 0.1) is 0 Å². The maximum Gasteiger partial charge on any atom is 0.175 e. The summed E-state index contributed by atoms with van der Waals surface area (Å²) in [4.78, 5) is 0. The summed E-state index contributed by atoms with van der Waals surface area (Å²) in [5.74, 6) is 1.69. The largest absolute Gasteiger partial charge is 0.494 e. The molecule has 0 aromatic heterocycles. The molecular formula is C29H48N3O2S+. The van der Waals surface area contributed by atoms with E-state index < -0.39 is 0 Å². The molecule has 2 N–H and O–H groups in total. The molecule has 0 bridgehead atoms. The Bertz CT molecular complexity index is 749. The fraction of sp³-hybridized carbons (Fsp3) is 0.552. The molecule has 0 saturated heterocycles. The Balaban J connectivity index is 0.000000405. The highest BCUT2D eigenvalue weighted by Gasteiger charge is 2.05. The molecule has 0 aliphatic heterocycles. The number of anilines is 2. The monoisotopic (exact) mass is 502 g/mol. The zero-order valence-corrected chi connectivity index (χ0v) is 23.7. The zero-order valence-electron chi connectivity index (χ0n) is 22.9. The summed E-state index contributed by atoms with van der Waals surface area (Å²) in [5.41, 5.74) is 1.82. The molecule has 0 radical (unpaired) electrons. The summed E-state index contributed by atoms with van der Waals surface area (Å²) in [6, 6.07) is 15.3. The third-order valence-corrected chi connectivity index (χ3v) is 5.48. The van der Waals surface area contributed by atoms with Crippen LogP contribution >= 0.6 is 12.2 Å². The first-order valence-electron chi connectivity index (χ1n) is 13.1. The van der Waals surface area contributed by atoms with E-state index >= 15 is 0 Å². The van der Waals surface area contributed by atoms with E-state index in [1.165, 1.54) is 51.5 Å². The number of thiocarbonyl (C=S) groups is 1. The number of nitrogens with one attached hydrogen (secondary N) is 2. The van der Waals surface area contributed by atoms with Gasteiger partial charge in [0.15, 0.2) is 5.11 Å². The molecule has 0 amide bonds. The first-order valence-corrected chi connectivity index (χ1v) is 13.5. The molecule has 2 aromatic rings. The lowest BCUT2D eigenvalue weighted by Crippen LogP contribution is -2.35. The lowest BCUT2D eigenvalue weighted by Gasteiger charge is -2.23. The van der Waals surface area contributed by atoms with E-state index in [2.05, 4.69) is 38.7 Å². The lowest BCUT2D eigenvalue weighted by atomic mass is 10.1. The number of rotatable bonds is 14. The van der Waals surface area contributed by atoms with Gasteiger partial charge in [0, 0.05) is 11.4 Å². The molecule has 2 rings (SSSR count). The SMILES string of the molecule is CCCCCCCCC[N+](C)(C)C.CCOc1ccc(NC(=S)Nc2ccc(OCC)cc2)cc1. The van der Waals surface area contributed by atoms with E-state index in [0.717, 1.165) is 27.4 Å². The zero-order chi connectivity index (χ0) is 25.9. The molecule has 5 nitrogen and oxygen atoms in total. The fourth-order valence-electron chi connectivity index (χ4n) is 3.44. The number of hydrogen-bond donors (Lipinski definition) is 2. The maximum absolute atomic E-state index is 5.40. The molecule has 0 unspecified atom stereocenters. The molecule has 0 aliphatic rings. The van der Waals surface area contributed by atoms with Crippen molar-refractivity contribution >= 4 is 28.7 Å². The minimum atomic E-state index is 0.535. The minimum Gasteiger partial charge on any atom is -0.494 e. The van der Waals surface area contributed by atoms with E-state index in [4.69, 9.17) is 21.7 Å². The van der Waals surface area contributed by atoms with Crippen molar-refractivity contribution in [3.05, 3.63) is 48.5 Å². The predicted molar refractivity (Wildman–Crippen MR) is 156 cm³/mol. The summed E-state index contributed by atoms with van der Waals surface area (Å²) in [5, 5.41) is 6.80. The quantitative estimate of drug-likeness (QED) is 0.157. The molecule has 0 spiro atoms. The van der Waals surface area contributed by atoms with Crippen LogP contribution < -0.4 is 20.1 Å². The van der Waals surface area contributed by atoms with Gasteiger partial charge in [-0.1, -0.05) is 39.0 Å². The predicted octanol–water partition coefficient (Wildman–Crippen LogP) is 7.74. The number of benzene rings is 2. The van der Waals surface area contributed by atoms with Gasteiger partial charge in [-0.25, -0.2) is 0 Å². The highest BCUT2D eigenvalue weighted by atomic mass is 32.1. The molecule has 0 atom stereocenters. The van der Waals surface area contributed by atoms with Crippen LogP contribution in [-0.4, -0.2) is 50.5 Å².